The predicted octanol–water partition coefficient (Wildman–Crippen LogP) is 2.74. The first kappa shape index (κ1) is 16.2. The summed E-state index contributed by atoms with van der Waals surface area (Å²) in [4.78, 5) is 14.3. The van der Waals surface area contributed by atoms with Gasteiger partial charge in [-0.05, 0) is 45.2 Å². The molecule has 1 aliphatic rings. The van der Waals surface area contributed by atoms with Gasteiger partial charge in [-0.2, -0.15) is 5.26 Å². The van der Waals surface area contributed by atoms with Crippen LogP contribution >= 0.6 is 0 Å². The second-order valence-electron chi connectivity index (χ2n) is 5.70. The lowest BCUT2D eigenvalue weighted by Crippen LogP contribution is -2.49. The predicted molar refractivity (Wildman–Crippen MR) is 82.8 cm³/mol. The molecule has 2 rings (SSSR count). The van der Waals surface area contributed by atoms with Gasteiger partial charge in [-0.1, -0.05) is 0 Å². The van der Waals surface area contributed by atoms with Gasteiger partial charge in [-0.15, -0.1) is 0 Å². The van der Waals surface area contributed by atoms with E-state index in [1.54, 1.807) is 18.2 Å². The highest BCUT2D eigenvalue weighted by Gasteiger charge is 2.29. The second kappa shape index (κ2) is 7.17. The van der Waals surface area contributed by atoms with Crippen molar-refractivity contribution in [3.05, 3.63) is 23.8 Å². The summed E-state index contributed by atoms with van der Waals surface area (Å²) in [5.74, 6) is 0.935. The highest BCUT2D eigenvalue weighted by molar-refractivity contribution is 5.78. The first-order valence-electron chi connectivity index (χ1n) is 7.59. The Kier molecular flexibility index (Phi) is 5.26. The minimum Gasteiger partial charge on any atom is -0.493 e. The molecule has 1 fully saturated rings. The molecule has 0 radical (unpaired) electrons. The quantitative estimate of drug-likeness (QED) is 0.858. The molecule has 5 heteroatoms. The van der Waals surface area contributed by atoms with Gasteiger partial charge in [0.05, 0.1) is 18.7 Å². The number of hydrogen-bond acceptors (Lipinski definition) is 4. The largest absolute Gasteiger partial charge is 0.493 e. The number of nitriles is 1. The van der Waals surface area contributed by atoms with E-state index < -0.39 is 0 Å². The molecule has 1 heterocycles. The summed E-state index contributed by atoms with van der Waals surface area (Å²) >= 11 is 0. The highest BCUT2D eigenvalue weighted by atomic mass is 16.5. The van der Waals surface area contributed by atoms with Crippen molar-refractivity contribution < 1.29 is 14.3 Å². The topological polar surface area (TPSA) is 62.6 Å². The zero-order valence-corrected chi connectivity index (χ0v) is 13.3. The molecule has 0 spiro atoms. The van der Waals surface area contributed by atoms with Crippen LogP contribution in [0.2, 0.25) is 0 Å². The zero-order valence-electron chi connectivity index (χ0n) is 13.3. The third kappa shape index (κ3) is 3.51. The molecule has 1 amide bonds. The van der Waals surface area contributed by atoms with Gasteiger partial charge in [0.25, 0.3) is 5.91 Å². The van der Waals surface area contributed by atoms with Gasteiger partial charge >= 0.3 is 0 Å². The Balaban J connectivity index is 2.03. The lowest BCUT2D eigenvalue weighted by Gasteiger charge is -2.39. The van der Waals surface area contributed by atoms with Gasteiger partial charge in [0.1, 0.15) is 0 Å². The molecule has 1 aromatic rings. The number of benzene rings is 1. The van der Waals surface area contributed by atoms with E-state index in [9.17, 15) is 4.79 Å². The molecule has 0 saturated carbocycles. The molecule has 2 unspecified atom stereocenters. The average molecular weight is 302 g/mol. The Hall–Kier alpha value is -2.22. The number of ether oxygens (including phenoxy) is 2. The van der Waals surface area contributed by atoms with E-state index in [4.69, 9.17) is 14.7 Å². The van der Waals surface area contributed by atoms with E-state index >= 15 is 0 Å². The summed E-state index contributed by atoms with van der Waals surface area (Å²) < 4.78 is 10.8. The maximum Gasteiger partial charge on any atom is 0.260 e. The fourth-order valence-electron chi connectivity index (χ4n) is 2.98. The maximum atomic E-state index is 12.4. The van der Waals surface area contributed by atoms with Crippen molar-refractivity contribution in [2.75, 3.05) is 13.7 Å². The van der Waals surface area contributed by atoms with Gasteiger partial charge in [0.15, 0.2) is 18.1 Å². The zero-order chi connectivity index (χ0) is 16.1. The Morgan fingerprint density at radius 3 is 2.59 bits per heavy atom. The van der Waals surface area contributed by atoms with Crippen LogP contribution in [0, 0.1) is 11.3 Å². The van der Waals surface area contributed by atoms with Crippen LogP contribution in [0.4, 0.5) is 0 Å². The average Bonchev–Trinajstić information content (AvgIpc) is 2.52. The van der Waals surface area contributed by atoms with E-state index in [0.717, 1.165) is 19.3 Å². The van der Waals surface area contributed by atoms with E-state index in [0.29, 0.717) is 17.1 Å². The highest BCUT2D eigenvalue weighted by Crippen LogP contribution is 2.28. The van der Waals surface area contributed by atoms with Crippen LogP contribution in [0.1, 0.15) is 38.7 Å². The number of nitrogens with zero attached hydrogens (tertiary/aromatic N) is 2. The fraction of sp³-hybridized carbons (Fsp3) is 0.529. The molecular weight excluding hydrogens is 280 g/mol. The summed E-state index contributed by atoms with van der Waals surface area (Å²) in [6.45, 7) is 4.14. The van der Waals surface area contributed by atoms with Crippen LogP contribution < -0.4 is 9.47 Å². The minimum atomic E-state index is -0.0169. The van der Waals surface area contributed by atoms with Gasteiger partial charge in [0.2, 0.25) is 0 Å². The number of rotatable bonds is 4. The monoisotopic (exact) mass is 302 g/mol. The van der Waals surface area contributed by atoms with Gasteiger partial charge in [-0.3, -0.25) is 4.79 Å². The summed E-state index contributed by atoms with van der Waals surface area (Å²) in [6, 6.07) is 7.46. The van der Waals surface area contributed by atoms with Gasteiger partial charge in [-0.25, -0.2) is 0 Å². The first-order chi connectivity index (χ1) is 10.6. The number of methoxy groups -OCH3 is 1. The third-order valence-corrected chi connectivity index (χ3v) is 4.13. The number of carbonyl (C=O) groups excluding carboxylic acids is 1. The lowest BCUT2D eigenvalue weighted by molar-refractivity contribution is -0.139. The molecule has 5 nitrogen and oxygen atoms in total. The van der Waals surface area contributed by atoms with Crippen LogP contribution in [-0.2, 0) is 4.79 Å². The van der Waals surface area contributed by atoms with Crippen LogP contribution in [-0.4, -0.2) is 36.6 Å². The molecule has 118 valence electrons. The van der Waals surface area contributed by atoms with Crippen molar-refractivity contribution in [2.24, 2.45) is 0 Å². The molecule has 1 saturated heterocycles. The third-order valence-electron chi connectivity index (χ3n) is 4.13. The van der Waals surface area contributed by atoms with Crippen molar-refractivity contribution in [1.82, 2.24) is 4.90 Å². The molecule has 0 aliphatic carbocycles. The van der Waals surface area contributed by atoms with Crippen LogP contribution in [0.15, 0.2) is 18.2 Å². The number of piperidine rings is 1. The van der Waals surface area contributed by atoms with E-state index in [1.807, 2.05) is 11.0 Å². The molecule has 1 aromatic carbocycles. The molecule has 0 bridgehead atoms. The fourth-order valence-corrected chi connectivity index (χ4v) is 2.98. The standard InChI is InChI=1S/C17H22N2O3/c1-12-5-4-6-13(2)19(12)17(20)11-22-15-8-7-14(10-18)9-16(15)21-3/h7-9,12-13H,4-6,11H2,1-3H3. The molecule has 0 aromatic heterocycles. The number of amides is 1. The lowest BCUT2D eigenvalue weighted by atomic mass is 9.97. The Morgan fingerprint density at radius 2 is 2.00 bits per heavy atom. The molecule has 0 N–H and O–H groups in total. The first-order valence-corrected chi connectivity index (χ1v) is 7.59. The van der Waals surface area contributed by atoms with Crippen LogP contribution in [0.25, 0.3) is 0 Å². The van der Waals surface area contributed by atoms with Crippen LogP contribution in [0.3, 0.4) is 0 Å². The second-order valence-corrected chi connectivity index (χ2v) is 5.70. The number of carbonyl (C=O) groups is 1. The summed E-state index contributed by atoms with van der Waals surface area (Å²) in [5, 5.41) is 8.89. The number of hydrogen-bond donors (Lipinski definition) is 0. The Labute approximate surface area is 131 Å². The van der Waals surface area contributed by atoms with Crippen molar-refractivity contribution >= 4 is 5.91 Å². The van der Waals surface area contributed by atoms with Gasteiger partial charge < -0.3 is 14.4 Å². The SMILES string of the molecule is COc1cc(C#N)ccc1OCC(=O)N1C(C)CCCC1C. The summed E-state index contributed by atoms with van der Waals surface area (Å²) in [6.07, 6.45) is 3.24. The Bertz CT molecular complexity index is 570. The van der Waals surface area contributed by atoms with Crippen LogP contribution in [0.5, 0.6) is 11.5 Å². The van der Waals surface area contributed by atoms with E-state index in [-0.39, 0.29) is 24.6 Å². The summed E-state index contributed by atoms with van der Waals surface area (Å²) in [7, 11) is 1.51. The smallest absolute Gasteiger partial charge is 0.260 e. The van der Waals surface area contributed by atoms with Crippen molar-refractivity contribution in [2.45, 2.75) is 45.2 Å². The molecule has 1 aliphatic heterocycles. The summed E-state index contributed by atoms with van der Waals surface area (Å²) in [5.41, 5.74) is 0.494. The molecule has 2 atom stereocenters. The minimum absolute atomic E-state index is 0.00823. The van der Waals surface area contributed by atoms with Crippen molar-refractivity contribution in [1.29, 1.82) is 5.26 Å². The molecular formula is C17H22N2O3. The maximum absolute atomic E-state index is 12.4. The van der Waals surface area contributed by atoms with E-state index in [2.05, 4.69) is 13.8 Å². The Morgan fingerprint density at radius 1 is 1.32 bits per heavy atom. The van der Waals surface area contributed by atoms with Crippen molar-refractivity contribution in [3.63, 3.8) is 0 Å². The van der Waals surface area contributed by atoms with E-state index in [1.165, 1.54) is 7.11 Å². The van der Waals surface area contributed by atoms with Gasteiger partial charge in [0, 0.05) is 18.2 Å². The normalized spacial score (nSPS) is 21.1. The molecule has 22 heavy (non-hydrogen) atoms. The van der Waals surface area contributed by atoms with Crippen molar-refractivity contribution in [3.8, 4) is 17.6 Å². The number of likely N-dealkylation sites (tertiary alicyclic amines) is 1.